The van der Waals surface area contributed by atoms with Crippen molar-refractivity contribution < 1.29 is 0 Å². The van der Waals surface area contributed by atoms with Crippen LogP contribution >= 0.6 is 34.0 Å². The Kier molecular flexibility index (Phi) is 12.7. The average Bonchev–Trinajstić information content (AvgIpc) is 1.58. The Balaban J connectivity index is 0.583. The van der Waals surface area contributed by atoms with Crippen molar-refractivity contribution in [2.45, 2.75) is 0 Å². The summed E-state index contributed by atoms with van der Waals surface area (Å²) in [6.45, 7) is 0. The van der Waals surface area contributed by atoms with E-state index in [2.05, 4.69) is 403 Å². The molecule has 18 aromatic carbocycles. The highest BCUT2D eigenvalue weighted by Gasteiger charge is 2.29. The Hall–Kier alpha value is -15.4. The lowest BCUT2D eigenvalue weighted by atomic mass is 9.94. The van der Waals surface area contributed by atoms with Crippen molar-refractivity contribution >= 4 is 274 Å². The lowest BCUT2D eigenvalue weighted by molar-refractivity contribution is 1.18. The van der Waals surface area contributed by atoms with Crippen LogP contribution in [0.4, 0.5) is 0 Å². The first kappa shape index (κ1) is 65.6. The van der Waals surface area contributed by atoms with Crippen LogP contribution in [0.1, 0.15) is 0 Å². The number of pyridine rings is 3. The van der Waals surface area contributed by atoms with Gasteiger partial charge in [0, 0.05) is 209 Å². The van der Waals surface area contributed by atoms with Crippen LogP contribution in [0.2, 0.25) is 0 Å². The highest BCUT2D eigenvalue weighted by molar-refractivity contribution is 7.27. The molecule has 0 unspecified atom stereocenters. The summed E-state index contributed by atoms with van der Waals surface area (Å²) in [4.78, 5) is 0. The second kappa shape index (κ2) is 23.8. The van der Waals surface area contributed by atoms with Gasteiger partial charge in [-0.1, -0.05) is 237 Å². The van der Waals surface area contributed by atoms with Crippen LogP contribution in [-0.2, 0) is 0 Å². The van der Waals surface area contributed by atoms with Gasteiger partial charge >= 0.3 is 0 Å². The molecule has 0 spiro atoms. The van der Waals surface area contributed by atoms with Gasteiger partial charge < -0.3 is 26.9 Å². The molecule has 0 amide bonds. The van der Waals surface area contributed by atoms with Gasteiger partial charge in [0.2, 0.25) is 0 Å². The molecular formula is C114H62N6S3. The third kappa shape index (κ3) is 8.59. The van der Waals surface area contributed by atoms with Gasteiger partial charge in [-0.3, -0.25) is 0 Å². The first-order valence-corrected chi connectivity index (χ1v) is 44.7. The molecule has 6 nitrogen and oxygen atoms in total. The third-order valence-corrected chi connectivity index (χ3v) is 31.1. The molecule has 9 heteroatoms. The maximum absolute atomic E-state index is 2.55. The van der Waals surface area contributed by atoms with Gasteiger partial charge in [-0.15, -0.1) is 34.0 Å². The first-order valence-electron chi connectivity index (χ1n) is 42.2. The second-order valence-corrected chi connectivity index (χ2v) is 36.9. The van der Waals surface area contributed by atoms with Gasteiger partial charge in [-0.2, -0.15) is 0 Å². The molecule has 123 heavy (non-hydrogen) atoms. The maximum atomic E-state index is 2.55. The molecule has 12 heterocycles. The van der Waals surface area contributed by atoms with Crippen LogP contribution in [0.25, 0.3) is 279 Å². The summed E-state index contributed by atoms with van der Waals surface area (Å²) in [5.74, 6) is 0. The summed E-state index contributed by atoms with van der Waals surface area (Å²) in [6, 6.07) is 136. The summed E-state index contributed by atoms with van der Waals surface area (Å²) in [7, 11) is 0. The van der Waals surface area contributed by atoms with Crippen molar-refractivity contribution in [3.8, 4) is 39.3 Å². The Labute approximate surface area is 711 Å². The number of benzene rings is 18. The molecule has 30 rings (SSSR count). The summed E-state index contributed by atoms with van der Waals surface area (Å²) >= 11 is 5.71. The monoisotopic (exact) mass is 1610 g/mol. The molecule has 0 bridgehead atoms. The fourth-order valence-corrected chi connectivity index (χ4v) is 26.1. The minimum Gasteiger partial charge on any atom is -0.315 e. The molecule has 0 aliphatic rings. The van der Waals surface area contributed by atoms with Crippen LogP contribution in [0.5, 0.6) is 0 Å². The van der Waals surface area contributed by atoms with Gasteiger partial charge in [-0.25, -0.2) is 0 Å². The maximum Gasteiger partial charge on any atom is 0.0628 e. The van der Waals surface area contributed by atoms with E-state index in [9.17, 15) is 0 Å². The van der Waals surface area contributed by atoms with Crippen LogP contribution in [0, 0.1) is 0 Å². The van der Waals surface area contributed by atoms with E-state index in [0.717, 1.165) is 17.1 Å². The van der Waals surface area contributed by atoms with E-state index in [4.69, 9.17) is 0 Å². The number of hydrogen-bond donors (Lipinski definition) is 0. The van der Waals surface area contributed by atoms with Crippen LogP contribution < -0.4 is 0 Å². The fourth-order valence-electron chi connectivity index (χ4n) is 22.6. The first-order chi connectivity index (χ1) is 61.0. The molecule has 0 fully saturated rings. The number of thiophene rings is 3. The van der Waals surface area contributed by atoms with Crippen molar-refractivity contribution in [2.24, 2.45) is 0 Å². The van der Waals surface area contributed by atoms with E-state index in [1.54, 1.807) is 0 Å². The molecule has 566 valence electrons. The van der Waals surface area contributed by atoms with Crippen molar-refractivity contribution in [2.75, 3.05) is 0 Å². The predicted molar refractivity (Wildman–Crippen MR) is 529 cm³/mol. The SMILES string of the molecule is c1ccc(-n2c3ccccc3c3cc4c(cc32)c2c3ccccc3cn2c2c(-c3ccc(-n5c6ccccc6c6c7c(ccc65)c5c6ccccc6cn5c5c7ccc6sc7cc(-c8ccc(-n9c%10ccccc%10c%10c%11c%12cc%13sc%14ccccc%14c%13cc%12n%12cc%13ccccc%13c%12c%11ccc%109)cc8)ccc7c65)cc3)cc3c5ccccc5sc3c42)cc1. The Bertz CT molecular complexity index is 10100. The molecule has 0 saturated heterocycles. The van der Waals surface area contributed by atoms with E-state index in [-0.39, 0.29) is 0 Å². The molecule has 0 aliphatic carbocycles. The zero-order valence-electron chi connectivity index (χ0n) is 65.7. The summed E-state index contributed by atoms with van der Waals surface area (Å²) < 4.78 is 22.8. The number of nitrogens with zero attached hydrogens (tertiary/aromatic N) is 6. The molecule has 0 N–H and O–H groups in total. The highest BCUT2D eigenvalue weighted by atomic mass is 32.1. The highest BCUT2D eigenvalue weighted by Crippen LogP contribution is 2.54. The molecule has 12 aromatic heterocycles. The molecular weight excluding hydrogens is 1550 g/mol. The van der Waals surface area contributed by atoms with E-state index >= 15 is 0 Å². The van der Waals surface area contributed by atoms with Gasteiger partial charge in [0.05, 0.1) is 66.2 Å². The van der Waals surface area contributed by atoms with E-state index in [1.165, 1.54) is 262 Å². The zero-order valence-corrected chi connectivity index (χ0v) is 68.2. The molecule has 0 saturated carbocycles. The average molecular weight is 1610 g/mol. The molecule has 0 aliphatic heterocycles. The number of hydrogen-bond acceptors (Lipinski definition) is 3. The lowest BCUT2D eigenvalue weighted by Crippen LogP contribution is -1.97. The van der Waals surface area contributed by atoms with Crippen molar-refractivity contribution in [3.05, 3.63) is 377 Å². The second-order valence-electron chi connectivity index (χ2n) is 33.7. The Morgan fingerprint density at radius 3 is 1.28 bits per heavy atom. The Morgan fingerprint density at radius 1 is 0.171 bits per heavy atom. The minimum absolute atomic E-state index is 1.11. The molecule has 30 aromatic rings. The van der Waals surface area contributed by atoms with Gasteiger partial charge in [0.25, 0.3) is 0 Å². The quantitative estimate of drug-likeness (QED) is 0.154. The molecule has 0 radical (unpaired) electrons. The van der Waals surface area contributed by atoms with E-state index < -0.39 is 0 Å². The minimum atomic E-state index is 1.11. The third-order valence-electron chi connectivity index (χ3n) is 27.6. The van der Waals surface area contributed by atoms with Crippen molar-refractivity contribution in [1.29, 1.82) is 0 Å². The van der Waals surface area contributed by atoms with Gasteiger partial charge in [-0.05, 0) is 143 Å². The largest absolute Gasteiger partial charge is 0.315 e. The van der Waals surface area contributed by atoms with Crippen molar-refractivity contribution in [1.82, 2.24) is 26.9 Å². The van der Waals surface area contributed by atoms with E-state index in [0.29, 0.717) is 0 Å². The lowest BCUT2D eigenvalue weighted by Gasteiger charge is -2.17. The predicted octanol–water partition coefficient (Wildman–Crippen LogP) is 32.6. The normalized spacial score (nSPS) is 12.7. The topological polar surface area (TPSA) is 28.0 Å². The number of rotatable bonds is 5. The smallest absolute Gasteiger partial charge is 0.0628 e. The fraction of sp³-hybridized carbons (Fsp3) is 0. The van der Waals surface area contributed by atoms with Crippen LogP contribution in [0.15, 0.2) is 377 Å². The number of aromatic nitrogens is 6. The number of para-hydroxylation sites is 4. The van der Waals surface area contributed by atoms with Crippen LogP contribution in [-0.4, -0.2) is 26.9 Å². The Morgan fingerprint density at radius 2 is 0.626 bits per heavy atom. The molecule has 0 atom stereocenters. The van der Waals surface area contributed by atoms with E-state index in [1.807, 2.05) is 34.0 Å². The van der Waals surface area contributed by atoms with Gasteiger partial charge in [0.15, 0.2) is 0 Å². The summed E-state index contributed by atoms with van der Waals surface area (Å²) in [5, 5.41) is 34.0. The summed E-state index contributed by atoms with van der Waals surface area (Å²) in [6.07, 6.45) is 7.15. The number of fused-ring (bicyclic) bond motifs is 46. The van der Waals surface area contributed by atoms with Gasteiger partial charge in [0.1, 0.15) is 0 Å². The summed E-state index contributed by atoms with van der Waals surface area (Å²) in [5.41, 5.74) is 22.7. The standard InChI is InChI=1S/C114H62N6S3/c1-2-23-69(24-3-1)120-91-33-15-10-28-75(91)85-56-87-88(58-97(85)120)111-74-27-9-6-22-68(74)62-117(111)113-84(55-89-77-30-14-19-37-99(77)123-114(89)108(87)113)64-40-45-71(46-41-64)119-92-34-16-11-31-78(92)105-94(119)51-48-81-103(105)83-50-53-100-107(112(83)116-61-67-21-5-8-26-73(67)110(81)116)80-47-42-65(54-101(80)122-100)63-38-43-70(44-39-63)118-93-35-17-12-32-79(93)106-95(118)52-49-82-104(106)90-59-102-86(76-29-13-18-36-98(76)121-102)57-96(90)115-60-66-20-4-7-25-72(66)109(82)115/h1-62H. The van der Waals surface area contributed by atoms with Crippen molar-refractivity contribution in [3.63, 3.8) is 0 Å². The zero-order chi connectivity index (χ0) is 79.4. The van der Waals surface area contributed by atoms with Crippen LogP contribution in [0.3, 0.4) is 0 Å².